The van der Waals surface area contributed by atoms with Crippen LogP contribution in [0.3, 0.4) is 0 Å². The highest BCUT2D eigenvalue weighted by molar-refractivity contribution is 9.10. The van der Waals surface area contributed by atoms with E-state index in [0.29, 0.717) is 6.10 Å². The van der Waals surface area contributed by atoms with Crippen LogP contribution in [0.15, 0.2) is 16.6 Å². The Morgan fingerprint density at radius 2 is 2.21 bits per heavy atom. The summed E-state index contributed by atoms with van der Waals surface area (Å²) in [7, 11) is 0. The lowest BCUT2D eigenvalue weighted by atomic mass is 10.1. The van der Waals surface area contributed by atoms with Crippen molar-refractivity contribution in [3.8, 4) is 5.75 Å². The van der Waals surface area contributed by atoms with Crippen molar-refractivity contribution in [1.29, 1.82) is 0 Å². The lowest BCUT2D eigenvalue weighted by Crippen LogP contribution is -2.01. The molecular formula is C11H13BrO2. The van der Waals surface area contributed by atoms with Crippen molar-refractivity contribution < 1.29 is 9.84 Å². The summed E-state index contributed by atoms with van der Waals surface area (Å²) in [6, 6.07) is 3.97. The third kappa shape index (κ3) is 2.10. The van der Waals surface area contributed by atoms with Gasteiger partial charge in [0.05, 0.1) is 17.2 Å². The van der Waals surface area contributed by atoms with Gasteiger partial charge in [0.1, 0.15) is 5.75 Å². The minimum absolute atomic E-state index is 0.0301. The molecule has 0 atom stereocenters. The largest absolute Gasteiger partial charge is 0.489 e. The van der Waals surface area contributed by atoms with Crippen LogP contribution < -0.4 is 4.74 Å². The summed E-state index contributed by atoms with van der Waals surface area (Å²) in [5.74, 6) is 0.806. The molecule has 2 nitrogen and oxygen atoms in total. The third-order valence-corrected chi connectivity index (χ3v) is 2.83. The number of hydrogen-bond acceptors (Lipinski definition) is 2. The Bertz CT molecular complexity index is 345. The lowest BCUT2D eigenvalue weighted by molar-refractivity contribution is 0.257. The zero-order valence-electron chi connectivity index (χ0n) is 8.09. The van der Waals surface area contributed by atoms with Crippen LogP contribution in [0.5, 0.6) is 5.75 Å². The number of aliphatic hydroxyl groups is 1. The highest BCUT2D eigenvalue weighted by Crippen LogP contribution is 2.35. The Labute approximate surface area is 92.0 Å². The Hall–Kier alpha value is -0.540. The number of aliphatic hydroxyl groups excluding tert-OH is 1. The van der Waals surface area contributed by atoms with Gasteiger partial charge in [-0.2, -0.15) is 0 Å². The Morgan fingerprint density at radius 1 is 1.50 bits per heavy atom. The molecule has 0 heterocycles. The van der Waals surface area contributed by atoms with Crippen LogP contribution in [0.4, 0.5) is 0 Å². The number of hydrogen-bond donors (Lipinski definition) is 1. The highest BCUT2D eigenvalue weighted by atomic mass is 79.9. The van der Waals surface area contributed by atoms with E-state index in [-0.39, 0.29) is 6.61 Å². The summed E-state index contributed by atoms with van der Waals surface area (Å²) >= 11 is 3.46. The van der Waals surface area contributed by atoms with Gasteiger partial charge in [-0.25, -0.2) is 0 Å². The van der Waals surface area contributed by atoms with Gasteiger partial charge in [0.2, 0.25) is 0 Å². The van der Waals surface area contributed by atoms with Gasteiger partial charge in [0.25, 0.3) is 0 Å². The van der Waals surface area contributed by atoms with Crippen molar-refractivity contribution >= 4 is 15.9 Å². The normalized spacial score (nSPS) is 15.6. The van der Waals surface area contributed by atoms with Crippen LogP contribution in [-0.2, 0) is 6.61 Å². The number of benzene rings is 1. The first-order chi connectivity index (χ1) is 6.70. The molecule has 1 aromatic rings. The number of halogens is 1. The zero-order valence-corrected chi connectivity index (χ0v) is 9.67. The zero-order chi connectivity index (χ0) is 10.1. The third-order valence-electron chi connectivity index (χ3n) is 2.24. The molecule has 0 amide bonds. The topological polar surface area (TPSA) is 29.5 Å². The minimum Gasteiger partial charge on any atom is -0.489 e. The second-order valence-corrected chi connectivity index (χ2v) is 4.56. The van der Waals surface area contributed by atoms with Gasteiger partial charge in [0, 0.05) is 5.56 Å². The van der Waals surface area contributed by atoms with E-state index in [9.17, 15) is 5.11 Å². The van der Waals surface area contributed by atoms with E-state index in [0.717, 1.165) is 34.2 Å². The fourth-order valence-electron chi connectivity index (χ4n) is 1.40. The number of rotatable bonds is 3. The molecule has 1 saturated carbocycles. The van der Waals surface area contributed by atoms with E-state index in [1.54, 1.807) is 0 Å². The van der Waals surface area contributed by atoms with Gasteiger partial charge in [-0.1, -0.05) is 0 Å². The average Bonchev–Trinajstić information content (AvgIpc) is 2.93. The molecule has 0 bridgehead atoms. The molecule has 76 valence electrons. The smallest absolute Gasteiger partial charge is 0.139 e. The fourth-order valence-corrected chi connectivity index (χ4v) is 2.11. The Morgan fingerprint density at radius 3 is 2.79 bits per heavy atom. The van der Waals surface area contributed by atoms with E-state index >= 15 is 0 Å². The SMILES string of the molecule is Cc1cc(Br)c(OC2CC2)c(CO)c1. The van der Waals surface area contributed by atoms with E-state index in [4.69, 9.17) is 4.74 Å². The molecule has 1 aliphatic rings. The van der Waals surface area contributed by atoms with E-state index < -0.39 is 0 Å². The molecular weight excluding hydrogens is 244 g/mol. The quantitative estimate of drug-likeness (QED) is 0.902. The van der Waals surface area contributed by atoms with Crippen molar-refractivity contribution in [1.82, 2.24) is 0 Å². The summed E-state index contributed by atoms with van der Waals surface area (Å²) < 4.78 is 6.66. The summed E-state index contributed by atoms with van der Waals surface area (Å²) in [6.45, 7) is 2.03. The van der Waals surface area contributed by atoms with E-state index in [1.165, 1.54) is 0 Å². The van der Waals surface area contributed by atoms with E-state index in [2.05, 4.69) is 15.9 Å². The predicted octanol–water partition coefficient (Wildman–Crippen LogP) is 2.79. The summed E-state index contributed by atoms with van der Waals surface area (Å²) in [4.78, 5) is 0. The predicted molar refractivity (Wildman–Crippen MR) is 58.5 cm³/mol. The van der Waals surface area contributed by atoms with Gasteiger partial charge < -0.3 is 9.84 Å². The molecule has 0 radical (unpaired) electrons. The van der Waals surface area contributed by atoms with Gasteiger partial charge >= 0.3 is 0 Å². The van der Waals surface area contributed by atoms with Crippen LogP contribution in [0.25, 0.3) is 0 Å². The maximum atomic E-state index is 9.20. The molecule has 0 spiro atoms. The standard InChI is InChI=1S/C11H13BrO2/c1-7-4-8(6-13)11(10(12)5-7)14-9-2-3-9/h4-5,9,13H,2-3,6H2,1H3. The van der Waals surface area contributed by atoms with Crippen molar-refractivity contribution in [2.75, 3.05) is 0 Å². The summed E-state index contributed by atoms with van der Waals surface area (Å²) in [6.07, 6.45) is 2.62. The van der Waals surface area contributed by atoms with Crippen molar-refractivity contribution in [2.24, 2.45) is 0 Å². The van der Waals surface area contributed by atoms with E-state index in [1.807, 2.05) is 19.1 Å². The van der Waals surface area contributed by atoms with Crippen LogP contribution in [0.2, 0.25) is 0 Å². The molecule has 1 aromatic carbocycles. The molecule has 0 aromatic heterocycles. The molecule has 1 N–H and O–H groups in total. The average molecular weight is 257 g/mol. The Kier molecular flexibility index (Phi) is 2.79. The van der Waals surface area contributed by atoms with Crippen molar-refractivity contribution in [2.45, 2.75) is 32.5 Å². The second kappa shape index (κ2) is 3.91. The highest BCUT2D eigenvalue weighted by Gasteiger charge is 2.25. The monoisotopic (exact) mass is 256 g/mol. The molecule has 0 aliphatic heterocycles. The van der Waals surface area contributed by atoms with Gasteiger partial charge in [-0.3, -0.25) is 0 Å². The first kappa shape index (κ1) is 9.99. The lowest BCUT2D eigenvalue weighted by Gasteiger charge is -2.12. The first-order valence-corrected chi connectivity index (χ1v) is 5.56. The Balaban J connectivity index is 2.33. The second-order valence-electron chi connectivity index (χ2n) is 3.71. The van der Waals surface area contributed by atoms with Gasteiger partial charge in [0.15, 0.2) is 0 Å². The molecule has 1 aliphatic carbocycles. The first-order valence-electron chi connectivity index (χ1n) is 4.77. The van der Waals surface area contributed by atoms with Gasteiger partial charge in [-0.05, 0) is 53.4 Å². The van der Waals surface area contributed by atoms with Crippen LogP contribution in [0, 0.1) is 6.92 Å². The molecule has 2 rings (SSSR count). The van der Waals surface area contributed by atoms with Crippen molar-refractivity contribution in [3.63, 3.8) is 0 Å². The molecule has 0 unspecified atom stereocenters. The van der Waals surface area contributed by atoms with Crippen LogP contribution in [0.1, 0.15) is 24.0 Å². The summed E-state index contributed by atoms with van der Waals surface area (Å²) in [5, 5.41) is 9.20. The number of ether oxygens (including phenoxy) is 1. The van der Waals surface area contributed by atoms with Gasteiger partial charge in [-0.15, -0.1) is 0 Å². The summed E-state index contributed by atoms with van der Waals surface area (Å²) in [5.41, 5.74) is 1.99. The number of aryl methyl sites for hydroxylation is 1. The maximum absolute atomic E-state index is 9.20. The molecule has 0 saturated heterocycles. The van der Waals surface area contributed by atoms with Crippen molar-refractivity contribution in [3.05, 3.63) is 27.7 Å². The van der Waals surface area contributed by atoms with Crippen LogP contribution >= 0.6 is 15.9 Å². The minimum atomic E-state index is 0.0301. The fraction of sp³-hybridized carbons (Fsp3) is 0.455. The maximum Gasteiger partial charge on any atom is 0.139 e. The molecule has 14 heavy (non-hydrogen) atoms. The van der Waals surface area contributed by atoms with Crippen LogP contribution in [-0.4, -0.2) is 11.2 Å². The molecule has 1 fully saturated rings. The molecule has 3 heteroatoms.